The molecule has 116 valence electrons. The van der Waals surface area contributed by atoms with Crippen molar-refractivity contribution in [2.75, 3.05) is 13.6 Å². The van der Waals surface area contributed by atoms with Gasteiger partial charge in [0.15, 0.2) is 0 Å². The molecule has 22 heavy (non-hydrogen) atoms. The van der Waals surface area contributed by atoms with Crippen LogP contribution in [0.2, 0.25) is 0 Å². The number of carbonyl (C=O) groups excluding carboxylic acids is 3. The van der Waals surface area contributed by atoms with Crippen LogP contribution in [0.25, 0.3) is 0 Å². The number of hydrogen-bond donors (Lipinski definition) is 0. The highest BCUT2D eigenvalue weighted by Gasteiger charge is 2.47. The van der Waals surface area contributed by atoms with Gasteiger partial charge in [-0.15, -0.1) is 11.3 Å². The molecule has 2 heterocycles. The van der Waals surface area contributed by atoms with Gasteiger partial charge < -0.3 is 4.90 Å². The molecule has 2 atom stereocenters. The topological polar surface area (TPSA) is 57.7 Å². The van der Waals surface area contributed by atoms with Crippen LogP contribution < -0.4 is 0 Å². The Morgan fingerprint density at radius 2 is 1.91 bits per heavy atom. The average molecular weight is 318 g/mol. The number of nitrogens with zero attached hydrogens (tertiary/aromatic N) is 2. The first-order chi connectivity index (χ1) is 10.6. The summed E-state index contributed by atoms with van der Waals surface area (Å²) in [5, 5.41) is 1.96. The summed E-state index contributed by atoms with van der Waals surface area (Å²) in [6.07, 6.45) is 5.09. The molecule has 1 saturated heterocycles. The quantitative estimate of drug-likeness (QED) is 0.627. The third-order valence-electron chi connectivity index (χ3n) is 4.29. The Labute approximate surface area is 133 Å². The van der Waals surface area contributed by atoms with Crippen LogP contribution >= 0.6 is 11.3 Å². The van der Waals surface area contributed by atoms with E-state index in [-0.39, 0.29) is 36.1 Å². The fourth-order valence-electron chi connectivity index (χ4n) is 3.01. The van der Waals surface area contributed by atoms with E-state index in [1.165, 1.54) is 0 Å². The fraction of sp³-hybridized carbons (Fsp3) is 0.438. The Bertz CT molecular complexity index is 597. The molecule has 1 aliphatic heterocycles. The van der Waals surface area contributed by atoms with E-state index in [0.717, 1.165) is 9.78 Å². The van der Waals surface area contributed by atoms with Gasteiger partial charge in [0, 0.05) is 11.9 Å². The Morgan fingerprint density at radius 3 is 2.45 bits per heavy atom. The van der Waals surface area contributed by atoms with Crippen molar-refractivity contribution in [2.24, 2.45) is 11.8 Å². The first-order valence-corrected chi connectivity index (χ1v) is 8.22. The molecule has 1 fully saturated rings. The molecular formula is C16H18N2O3S. The minimum atomic E-state index is -0.270. The lowest BCUT2D eigenvalue weighted by molar-refractivity contribution is -0.146. The predicted molar refractivity (Wildman–Crippen MR) is 82.9 cm³/mol. The Hall–Kier alpha value is -1.95. The highest BCUT2D eigenvalue weighted by atomic mass is 32.1. The van der Waals surface area contributed by atoms with Gasteiger partial charge in [-0.3, -0.25) is 19.3 Å². The van der Waals surface area contributed by atoms with Crippen molar-refractivity contribution < 1.29 is 14.4 Å². The number of carbonyl (C=O) groups is 3. The monoisotopic (exact) mass is 318 g/mol. The van der Waals surface area contributed by atoms with Crippen molar-refractivity contribution in [3.05, 3.63) is 34.5 Å². The summed E-state index contributed by atoms with van der Waals surface area (Å²) in [5.41, 5.74) is 0. The molecule has 5 nitrogen and oxygen atoms in total. The second kappa shape index (κ2) is 6.04. The number of fused-ring (bicyclic) bond motifs is 1. The molecule has 0 aromatic carbocycles. The lowest BCUT2D eigenvalue weighted by Crippen LogP contribution is -2.41. The van der Waals surface area contributed by atoms with Gasteiger partial charge in [0.25, 0.3) is 0 Å². The summed E-state index contributed by atoms with van der Waals surface area (Å²) in [5.74, 6) is -1.14. The van der Waals surface area contributed by atoms with Crippen LogP contribution in [0.1, 0.15) is 17.7 Å². The van der Waals surface area contributed by atoms with Crippen LogP contribution in [0.5, 0.6) is 0 Å². The van der Waals surface area contributed by atoms with Gasteiger partial charge in [-0.2, -0.15) is 0 Å². The van der Waals surface area contributed by atoms with Crippen molar-refractivity contribution in [1.29, 1.82) is 0 Å². The van der Waals surface area contributed by atoms with Crippen LogP contribution in [0.4, 0.5) is 0 Å². The van der Waals surface area contributed by atoms with E-state index in [9.17, 15) is 14.4 Å². The van der Waals surface area contributed by atoms with Crippen LogP contribution in [0, 0.1) is 11.8 Å². The van der Waals surface area contributed by atoms with Gasteiger partial charge in [0.05, 0.1) is 18.4 Å². The van der Waals surface area contributed by atoms with E-state index in [4.69, 9.17) is 0 Å². The Morgan fingerprint density at radius 1 is 1.27 bits per heavy atom. The zero-order valence-electron chi connectivity index (χ0n) is 12.4. The van der Waals surface area contributed by atoms with Gasteiger partial charge in [0.2, 0.25) is 17.7 Å². The SMILES string of the molecule is CN(Cc1cccs1)C(=O)CN1C(=O)C2CC=CCC2C1=O. The minimum Gasteiger partial charge on any atom is -0.339 e. The van der Waals surface area contributed by atoms with Gasteiger partial charge >= 0.3 is 0 Å². The number of allylic oxidation sites excluding steroid dienone is 2. The Kier molecular flexibility index (Phi) is 4.11. The molecular weight excluding hydrogens is 300 g/mol. The lowest BCUT2D eigenvalue weighted by atomic mass is 9.85. The van der Waals surface area contributed by atoms with Crippen molar-refractivity contribution in [1.82, 2.24) is 9.80 Å². The van der Waals surface area contributed by atoms with E-state index in [2.05, 4.69) is 0 Å². The number of thiophene rings is 1. The molecule has 0 bridgehead atoms. The first kappa shape index (κ1) is 15.0. The lowest BCUT2D eigenvalue weighted by Gasteiger charge is -2.20. The van der Waals surface area contributed by atoms with Gasteiger partial charge in [-0.05, 0) is 24.3 Å². The van der Waals surface area contributed by atoms with Gasteiger partial charge in [-0.25, -0.2) is 0 Å². The number of amides is 3. The number of rotatable bonds is 4. The van der Waals surface area contributed by atoms with Crippen LogP contribution in [0.15, 0.2) is 29.7 Å². The van der Waals surface area contributed by atoms with Crippen molar-refractivity contribution in [3.8, 4) is 0 Å². The second-order valence-electron chi connectivity index (χ2n) is 5.75. The number of imide groups is 1. The smallest absolute Gasteiger partial charge is 0.242 e. The predicted octanol–water partition coefficient (Wildman–Crippen LogP) is 1.66. The maximum atomic E-state index is 12.3. The molecule has 2 unspecified atom stereocenters. The summed E-state index contributed by atoms with van der Waals surface area (Å²) in [7, 11) is 1.70. The van der Waals surface area contributed by atoms with Crippen molar-refractivity contribution >= 4 is 29.1 Å². The van der Waals surface area contributed by atoms with E-state index in [1.54, 1.807) is 23.3 Å². The highest BCUT2D eigenvalue weighted by molar-refractivity contribution is 7.09. The summed E-state index contributed by atoms with van der Waals surface area (Å²) in [6, 6.07) is 3.89. The summed E-state index contributed by atoms with van der Waals surface area (Å²) >= 11 is 1.58. The molecule has 0 N–H and O–H groups in total. The molecule has 1 aromatic rings. The molecule has 2 aliphatic rings. The largest absolute Gasteiger partial charge is 0.339 e. The van der Waals surface area contributed by atoms with E-state index >= 15 is 0 Å². The van der Waals surface area contributed by atoms with Gasteiger partial charge in [0.1, 0.15) is 6.54 Å². The van der Waals surface area contributed by atoms with E-state index < -0.39 is 0 Å². The van der Waals surface area contributed by atoms with E-state index in [0.29, 0.717) is 19.4 Å². The third-order valence-corrected chi connectivity index (χ3v) is 5.15. The fourth-order valence-corrected chi connectivity index (χ4v) is 3.76. The molecule has 1 aromatic heterocycles. The first-order valence-electron chi connectivity index (χ1n) is 7.34. The normalized spacial score (nSPS) is 23.8. The van der Waals surface area contributed by atoms with Crippen LogP contribution in [-0.4, -0.2) is 41.1 Å². The van der Waals surface area contributed by atoms with Crippen LogP contribution in [-0.2, 0) is 20.9 Å². The standard InChI is InChI=1S/C16H18N2O3S/c1-17(9-11-5-4-8-22-11)14(19)10-18-15(20)12-6-2-3-7-13(12)16(18)21/h2-5,8,12-13H,6-7,9-10H2,1H3. The van der Waals surface area contributed by atoms with Crippen LogP contribution in [0.3, 0.4) is 0 Å². The Balaban J connectivity index is 1.64. The number of likely N-dealkylation sites (N-methyl/N-ethyl adjacent to an activating group) is 1. The maximum absolute atomic E-state index is 12.3. The molecule has 6 heteroatoms. The maximum Gasteiger partial charge on any atom is 0.242 e. The molecule has 1 aliphatic carbocycles. The molecule has 0 radical (unpaired) electrons. The molecule has 3 rings (SSSR count). The molecule has 0 saturated carbocycles. The molecule has 3 amide bonds. The van der Waals surface area contributed by atoms with Gasteiger partial charge in [-0.1, -0.05) is 18.2 Å². The second-order valence-corrected chi connectivity index (χ2v) is 6.78. The zero-order valence-corrected chi connectivity index (χ0v) is 13.2. The summed E-state index contributed by atoms with van der Waals surface area (Å²) in [6.45, 7) is 0.355. The zero-order chi connectivity index (χ0) is 15.7. The van der Waals surface area contributed by atoms with Crippen molar-refractivity contribution in [3.63, 3.8) is 0 Å². The summed E-state index contributed by atoms with van der Waals surface area (Å²) < 4.78 is 0. The average Bonchev–Trinajstić information content (AvgIpc) is 3.10. The number of likely N-dealkylation sites (tertiary alicyclic amines) is 1. The number of hydrogen-bond acceptors (Lipinski definition) is 4. The third kappa shape index (κ3) is 2.70. The highest BCUT2D eigenvalue weighted by Crippen LogP contribution is 2.34. The minimum absolute atomic E-state index is 0.146. The summed E-state index contributed by atoms with van der Waals surface area (Å²) in [4.78, 5) is 40.7. The molecule has 0 spiro atoms. The van der Waals surface area contributed by atoms with E-state index in [1.807, 2.05) is 29.7 Å². The van der Waals surface area contributed by atoms with Crippen molar-refractivity contribution in [2.45, 2.75) is 19.4 Å².